The predicted molar refractivity (Wildman–Crippen MR) is 83.7 cm³/mol. The molecule has 0 amide bonds. The zero-order chi connectivity index (χ0) is 14.7. The molecule has 2 heterocycles. The van der Waals surface area contributed by atoms with Crippen LogP contribution in [0.25, 0.3) is 11.4 Å². The van der Waals surface area contributed by atoms with Crippen LogP contribution in [0.3, 0.4) is 0 Å². The molecule has 112 valence electrons. The van der Waals surface area contributed by atoms with Crippen LogP contribution in [-0.4, -0.2) is 22.7 Å². The third-order valence-corrected chi connectivity index (χ3v) is 4.14. The summed E-state index contributed by atoms with van der Waals surface area (Å²) >= 11 is 12.0. The molecule has 1 saturated heterocycles. The Bertz CT molecular complexity index is 588. The van der Waals surface area contributed by atoms with Crippen molar-refractivity contribution in [1.82, 2.24) is 15.5 Å². The molecular formula is C15H17Cl2N3O. The second-order valence-corrected chi connectivity index (χ2v) is 6.23. The van der Waals surface area contributed by atoms with Gasteiger partial charge in [-0.05, 0) is 44.0 Å². The van der Waals surface area contributed by atoms with E-state index in [2.05, 4.69) is 15.5 Å². The van der Waals surface area contributed by atoms with E-state index in [0.29, 0.717) is 27.8 Å². The number of piperidine rings is 1. The van der Waals surface area contributed by atoms with Gasteiger partial charge in [0.15, 0.2) is 0 Å². The van der Waals surface area contributed by atoms with Gasteiger partial charge in [0.05, 0.1) is 0 Å². The molecule has 21 heavy (non-hydrogen) atoms. The smallest absolute Gasteiger partial charge is 0.227 e. The molecule has 1 N–H and O–H groups in total. The van der Waals surface area contributed by atoms with E-state index in [9.17, 15) is 0 Å². The summed E-state index contributed by atoms with van der Waals surface area (Å²) in [6.07, 6.45) is 5.62. The van der Waals surface area contributed by atoms with Crippen LogP contribution in [0.5, 0.6) is 0 Å². The third-order valence-electron chi connectivity index (χ3n) is 3.71. The molecule has 1 aromatic heterocycles. The zero-order valence-corrected chi connectivity index (χ0v) is 13.1. The molecule has 0 saturated carbocycles. The summed E-state index contributed by atoms with van der Waals surface area (Å²) in [4.78, 5) is 4.42. The van der Waals surface area contributed by atoms with Crippen LogP contribution in [0.1, 0.15) is 31.6 Å². The van der Waals surface area contributed by atoms with Gasteiger partial charge < -0.3 is 9.84 Å². The molecule has 0 radical (unpaired) electrons. The van der Waals surface area contributed by atoms with Gasteiger partial charge in [-0.1, -0.05) is 34.8 Å². The quantitative estimate of drug-likeness (QED) is 0.918. The maximum atomic E-state index is 5.99. The van der Waals surface area contributed by atoms with Gasteiger partial charge in [0, 0.05) is 28.1 Å². The van der Waals surface area contributed by atoms with E-state index in [-0.39, 0.29) is 0 Å². The molecule has 2 aromatic rings. The van der Waals surface area contributed by atoms with Crippen LogP contribution in [0.4, 0.5) is 0 Å². The van der Waals surface area contributed by atoms with Crippen LogP contribution in [0.2, 0.25) is 10.0 Å². The highest BCUT2D eigenvalue weighted by Gasteiger charge is 2.15. The molecule has 0 bridgehead atoms. The van der Waals surface area contributed by atoms with Crippen molar-refractivity contribution < 1.29 is 4.52 Å². The molecule has 4 nitrogen and oxygen atoms in total. The topological polar surface area (TPSA) is 51.0 Å². The maximum Gasteiger partial charge on any atom is 0.227 e. The van der Waals surface area contributed by atoms with E-state index in [1.165, 1.54) is 19.3 Å². The van der Waals surface area contributed by atoms with Gasteiger partial charge in [-0.2, -0.15) is 4.98 Å². The molecule has 1 atom stereocenters. The lowest BCUT2D eigenvalue weighted by Gasteiger charge is -2.22. The summed E-state index contributed by atoms with van der Waals surface area (Å²) < 4.78 is 5.31. The van der Waals surface area contributed by atoms with Crippen LogP contribution in [0.15, 0.2) is 22.7 Å². The van der Waals surface area contributed by atoms with Gasteiger partial charge in [-0.15, -0.1) is 0 Å². The lowest BCUT2D eigenvalue weighted by Crippen LogP contribution is -2.34. The normalized spacial score (nSPS) is 18.9. The highest BCUT2D eigenvalue weighted by atomic mass is 35.5. The second-order valence-electron chi connectivity index (χ2n) is 5.36. The number of halogens is 2. The molecule has 1 aliphatic heterocycles. The number of rotatable bonds is 4. The van der Waals surface area contributed by atoms with Crippen LogP contribution >= 0.6 is 23.2 Å². The lowest BCUT2D eigenvalue weighted by molar-refractivity contribution is 0.342. The second kappa shape index (κ2) is 6.77. The molecule has 6 heteroatoms. The number of nitrogens with one attached hydrogen (secondary N) is 1. The van der Waals surface area contributed by atoms with E-state index >= 15 is 0 Å². The van der Waals surface area contributed by atoms with Crippen molar-refractivity contribution in [2.24, 2.45) is 0 Å². The molecule has 0 spiro atoms. The van der Waals surface area contributed by atoms with Gasteiger partial charge in [-0.3, -0.25) is 0 Å². The minimum absolute atomic E-state index is 0.533. The van der Waals surface area contributed by atoms with Gasteiger partial charge in [-0.25, -0.2) is 0 Å². The van der Waals surface area contributed by atoms with Gasteiger partial charge >= 0.3 is 0 Å². The standard InChI is InChI=1S/C15H17Cl2N3O/c16-11-7-10(8-12(17)9-11)15-19-14(21-20-15)5-4-13-3-1-2-6-18-13/h7-9,13,18H,1-6H2. The summed E-state index contributed by atoms with van der Waals surface area (Å²) in [5.41, 5.74) is 0.776. The summed E-state index contributed by atoms with van der Waals surface area (Å²) in [6.45, 7) is 1.11. The number of nitrogens with zero attached hydrogens (tertiary/aromatic N) is 2. The van der Waals surface area contributed by atoms with Gasteiger partial charge in [0.1, 0.15) is 0 Å². The van der Waals surface area contributed by atoms with E-state index in [4.69, 9.17) is 27.7 Å². The minimum atomic E-state index is 0.533. The fraction of sp³-hybridized carbons (Fsp3) is 0.467. The Morgan fingerprint density at radius 1 is 1.19 bits per heavy atom. The first-order valence-electron chi connectivity index (χ1n) is 7.23. The Morgan fingerprint density at radius 3 is 2.71 bits per heavy atom. The summed E-state index contributed by atoms with van der Waals surface area (Å²) in [5, 5.41) is 8.66. The summed E-state index contributed by atoms with van der Waals surface area (Å²) in [5.74, 6) is 1.19. The largest absolute Gasteiger partial charge is 0.339 e. The maximum absolute atomic E-state index is 5.99. The average molecular weight is 326 g/mol. The molecule has 1 unspecified atom stereocenters. The van der Waals surface area contributed by atoms with E-state index in [1.807, 2.05) is 0 Å². The fourth-order valence-electron chi connectivity index (χ4n) is 2.62. The van der Waals surface area contributed by atoms with E-state index in [1.54, 1.807) is 18.2 Å². The van der Waals surface area contributed by atoms with Crippen molar-refractivity contribution in [2.75, 3.05) is 6.54 Å². The van der Waals surface area contributed by atoms with Crippen LogP contribution in [0, 0.1) is 0 Å². The number of benzene rings is 1. The molecule has 0 aliphatic carbocycles. The van der Waals surface area contributed by atoms with Crippen molar-refractivity contribution in [1.29, 1.82) is 0 Å². The van der Waals surface area contributed by atoms with E-state index in [0.717, 1.165) is 24.9 Å². The average Bonchev–Trinajstić information content (AvgIpc) is 2.94. The van der Waals surface area contributed by atoms with Gasteiger partial charge in [0.2, 0.25) is 11.7 Å². The first kappa shape index (κ1) is 14.8. The Morgan fingerprint density at radius 2 is 2.00 bits per heavy atom. The van der Waals surface area contributed by atoms with E-state index < -0.39 is 0 Å². The Hall–Kier alpha value is -1.10. The number of aromatic nitrogens is 2. The summed E-state index contributed by atoms with van der Waals surface area (Å²) in [7, 11) is 0. The van der Waals surface area contributed by atoms with Crippen molar-refractivity contribution in [3.05, 3.63) is 34.1 Å². The van der Waals surface area contributed by atoms with Crippen molar-refractivity contribution in [3.8, 4) is 11.4 Å². The highest BCUT2D eigenvalue weighted by Crippen LogP contribution is 2.25. The summed E-state index contributed by atoms with van der Waals surface area (Å²) in [6, 6.07) is 5.81. The Kier molecular flexibility index (Phi) is 4.78. The highest BCUT2D eigenvalue weighted by molar-refractivity contribution is 6.35. The number of aryl methyl sites for hydroxylation is 1. The molecule has 1 aliphatic rings. The minimum Gasteiger partial charge on any atom is -0.339 e. The predicted octanol–water partition coefficient (Wildman–Crippen LogP) is 4.12. The van der Waals surface area contributed by atoms with Gasteiger partial charge in [0.25, 0.3) is 0 Å². The fourth-order valence-corrected chi connectivity index (χ4v) is 3.15. The lowest BCUT2D eigenvalue weighted by atomic mass is 10.0. The monoisotopic (exact) mass is 325 g/mol. The first-order valence-corrected chi connectivity index (χ1v) is 7.99. The molecule has 1 fully saturated rings. The number of hydrogen-bond acceptors (Lipinski definition) is 4. The Labute approximate surface area is 133 Å². The molecule has 1 aromatic carbocycles. The molecule has 3 rings (SSSR count). The third kappa shape index (κ3) is 3.96. The molecular weight excluding hydrogens is 309 g/mol. The van der Waals surface area contributed by atoms with Crippen LogP contribution < -0.4 is 5.32 Å². The SMILES string of the molecule is Clc1cc(Cl)cc(-c2noc(CCC3CCCCN3)n2)c1. The number of hydrogen-bond donors (Lipinski definition) is 1. The first-order chi connectivity index (χ1) is 10.2. The zero-order valence-electron chi connectivity index (χ0n) is 11.6. The van der Waals surface area contributed by atoms with Crippen LogP contribution in [-0.2, 0) is 6.42 Å². The van der Waals surface area contributed by atoms with Crippen molar-refractivity contribution in [3.63, 3.8) is 0 Å². The Balaban J connectivity index is 1.65. The van der Waals surface area contributed by atoms with Crippen molar-refractivity contribution >= 4 is 23.2 Å². The van der Waals surface area contributed by atoms with Crippen molar-refractivity contribution in [2.45, 2.75) is 38.1 Å².